The van der Waals surface area contributed by atoms with Crippen molar-refractivity contribution in [1.29, 1.82) is 0 Å². The molecule has 1 amide bonds. The Morgan fingerprint density at radius 2 is 1.89 bits per heavy atom. The lowest BCUT2D eigenvalue weighted by atomic mass is 10.1. The summed E-state index contributed by atoms with van der Waals surface area (Å²) in [4.78, 5) is 12.1. The molecular weight excluding hydrogens is 258 g/mol. The fourth-order valence-corrected chi connectivity index (χ4v) is 2.12. The van der Waals surface area contributed by atoms with E-state index >= 15 is 0 Å². The van der Waals surface area contributed by atoms with Gasteiger partial charge in [-0.05, 0) is 43.7 Å². The van der Waals surface area contributed by atoms with Crippen molar-refractivity contribution in [3.63, 3.8) is 0 Å². The summed E-state index contributed by atoms with van der Waals surface area (Å²) >= 11 is 5.95. The molecule has 0 bridgehead atoms. The molecule has 0 heterocycles. The zero-order valence-corrected chi connectivity index (χ0v) is 11.7. The predicted octanol–water partition coefficient (Wildman–Crippen LogP) is 4.14. The third kappa shape index (κ3) is 3.58. The van der Waals surface area contributed by atoms with Crippen LogP contribution < -0.4 is 5.32 Å². The highest BCUT2D eigenvalue weighted by molar-refractivity contribution is 6.30. The predicted molar refractivity (Wildman–Crippen MR) is 78.5 cm³/mol. The van der Waals surface area contributed by atoms with Gasteiger partial charge >= 0.3 is 0 Å². The van der Waals surface area contributed by atoms with Crippen LogP contribution in [0.1, 0.15) is 34.5 Å². The van der Waals surface area contributed by atoms with Gasteiger partial charge in [0.1, 0.15) is 0 Å². The summed E-state index contributed by atoms with van der Waals surface area (Å²) in [6.45, 7) is 3.91. The number of benzene rings is 2. The molecule has 3 heteroatoms. The Morgan fingerprint density at radius 3 is 2.58 bits per heavy atom. The Kier molecular flexibility index (Phi) is 4.23. The lowest BCUT2D eigenvalue weighted by Gasteiger charge is -2.14. The zero-order chi connectivity index (χ0) is 13.8. The standard InChI is InChI=1S/C16H16ClNO/c1-11-5-3-7-14(9-11)16(19)18-12(2)13-6-4-8-15(17)10-13/h3-10,12H,1-2H3,(H,18,19)/t12-/m0/s1. The third-order valence-electron chi connectivity index (χ3n) is 2.98. The average molecular weight is 274 g/mol. The van der Waals surface area contributed by atoms with Crippen molar-refractivity contribution in [3.05, 3.63) is 70.2 Å². The van der Waals surface area contributed by atoms with Crippen molar-refractivity contribution >= 4 is 17.5 Å². The monoisotopic (exact) mass is 273 g/mol. The van der Waals surface area contributed by atoms with Gasteiger partial charge in [-0.3, -0.25) is 4.79 Å². The first-order chi connectivity index (χ1) is 9.06. The van der Waals surface area contributed by atoms with E-state index < -0.39 is 0 Å². The fraction of sp³-hybridized carbons (Fsp3) is 0.188. The SMILES string of the molecule is Cc1cccc(C(=O)N[C@@H](C)c2cccc(Cl)c2)c1. The highest BCUT2D eigenvalue weighted by atomic mass is 35.5. The zero-order valence-electron chi connectivity index (χ0n) is 11.0. The largest absolute Gasteiger partial charge is 0.346 e. The van der Waals surface area contributed by atoms with Crippen molar-refractivity contribution in [1.82, 2.24) is 5.32 Å². The van der Waals surface area contributed by atoms with Gasteiger partial charge in [0, 0.05) is 10.6 Å². The maximum atomic E-state index is 12.1. The molecule has 0 aromatic heterocycles. The lowest BCUT2D eigenvalue weighted by Crippen LogP contribution is -2.26. The van der Waals surface area contributed by atoms with Crippen molar-refractivity contribution in [2.75, 3.05) is 0 Å². The molecule has 2 nitrogen and oxygen atoms in total. The van der Waals surface area contributed by atoms with E-state index in [1.165, 1.54) is 0 Å². The van der Waals surface area contributed by atoms with Gasteiger partial charge in [-0.15, -0.1) is 0 Å². The van der Waals surface area contributed by atoms with Crippen LogP contribution in [0.2, 0.25) is 5.02 Å². The topological polar surface area (TPSA) is 29.1 Å². The van der Waals surface area contributed by atoms with Gasteiger partial charge in [-0.25, -0.2) is 0 Å². The lowest BCUT2D eigenvalue weighted by molar-refractivity contribution is 0.0940. The van der Waals surface area contributed by atoms with Crippen LogP contribution in [0.3, 0.4) is 0 Å². The van der Waals surface area contributed by atoms with Crippen LogP contribution in [0.15, 0.2) is 48.5 Å². The number of nitrogens with one attached hydrogen (secondary N) is 1. The van der Waals surface area contributed by atoms with Gasteiger partial charge in [0.25, 0.3) is 5.91 Å². The maximum absolute atomic E-state index is 12.1. The smallest absolute Gasteiger partial charge is 0.251 e. The molecule has 1 N–H and O–H groups in total. The Bertz CT molecular complexity index is 595. The molecule has 0 fully saturated rings. The molecule has 0 aliphatic heterocycles. The minimum absolute atomic E-state index is 0.0730. The fourth-order valence-electron chi connectivity index (χ4n) is 1.93. The van der Waals surface area contributed by atoms with Crippen LogP contribution in [-0.2, 0) is 0 Å². The summed E-state index contributed by atoms with van der Waals surface area (Å²) in [5, 5.41) is 3.64. The van der Waals surface area contributed by atoms with Crippen LogP contribution in [0.5, 0.6) is 0 Å². The Hall–Kier alpha value is -1.80. The van der Waals surface area contributed by atoms with E-state index in [0.717, 1.165) is 11.1 Å². The Labute approximate surface area is 118 Å². The molecule has 0 aliphatic carbocycles. The number of carbonyl (C=O) groups is 1. The van der Waals surface area contributed by atoms with Crippen LogP contribution in [0.4, 0.5) is 0 Å². The molecule has 0 spiro atoms. The molecule has 2 rings (SSSR count). The van der Waals surface area contributed by atoms with Gasteiger partial charge in [0.2, 0.25) is 0 Å². The second-order valence-corrected chi connectivity index (χ2v) is 5.06. The molecule has 98 valence electrons. The van der Waals surface area contributed by atoms with Gasteiger partial charge < -0.3 is 5.32 Å². The van der Waals surface area contributed by atoms with E-state index in [0.29, 0.717) is 10.6 Å². The molecule has 2 aromatic carbocycles. The molecule has 0 saturated heterocycles. The minimum Gasteiger partial charge on any atom is -0.346 e. The van der Waals surface area contributed by atoms with E-state index in [9.17, 15) is 4.79 Å². The van der Waals surface area contributed by atoms with E-state index in [2.05, 4.69) is 5.32 Å². The normalized spacial score (nSPS) is 11.9. The highest BCUT2D eigenvalue weighted by Gasteiger charge is 2.11. The number of halogens is 1. The molecule has 0 aliphatic rings. The van der Waals surface area contributed by atoms with Gasteiger partial charge in [0.15, 0.2) is 0 Å². The van der Waals surface area contributed by atoms with E-state index in [-0.39, 0.29) is 11.9 Å². The summed E-state index contributed by atoms with van der Waals surface area (Å²) in [5.41, 5.74) is 2.74. The molecule has 0 unspecified atom stereocenters. The first-order valence-electron chi connectivity index (χ1n) is 6.19. The number of hydrogen-bond acceptors (Lipinski definition) is 1. The molecular formula is C16H16ClNO. The van der Waals surface area contributed by atoms with E-state index in [4.69, 9.17) is 11.6 Å². The highest BCUT2D eigenvalue weighted by Crippen LogP contribution is 2.18. The summed E-state index contributed by atoms with van der Waals surface area (Å²) in [5.74, 6) is -0.0730. The van der Waals surface area contributed by atoms with E-state index in [1.807, 2.05) is 62.4 Å². The molecule has 0 radical (unpaired) electrons. The number of rotatable bonds is 3. The number of carbonyl (C=O) groups excluding carboxylic acids is 1. The van der Waals surface area contributed by atoms with Gasteiger partial charge in [-0.1, -0.05) is 41.4 Å². The number of hydrogen-bond donors (Lipinski definition) is 1. The summed E-state index contributed by atoms with van der Waals surface area (Å²) in [6.07, 6.45) is 0. The second-order valence-electron chi connectivity index (χ2n) is 4.62. The molecule has 1 atom stereocenters. The summed E-state index contributed by atoms with van der Waals surface area (Å²) in [7, 11) is 0. The maximum Gasteiger partial charge on any atom is 0.251 e. The van der Waals surface area contributed by atoms with Crippen molar-refractivity contribution in [3.8, 4) is 0 Å². The summed E-state index contributed by atoms with van der Waals surface area (Å²) in [6, 6.07) is 15.0. The second kappa shape index (κ2) is 5.89. The first kappa shape index (κ1) is 13.6. The summed E-state index contributed by atoms with van der Waals surface area (Å²) < 4.78 is 0. The van der Waals surface area contributed by atoms with Crippen LogP contribution in [0.25, 0.3) is 0 Å². The quantitative estimate of drug-likeness (QED) is 0.895. The number of aryl methyl sites for hydroxylation is 1. The van der Waals surface area contributed by atoms with Gasteiger partial charge in [0.05, 0.1) is 6.04 Å². The van der Waals surface area contributed by atoms with Crippen LogP contribution in [0, 0.1) is 6.92 Å². The average Bonchev–Trinajstić information content (AvgIpc) is 2.38. The Morgan fingerprint density at radius 1 is 1.16 bits per heavy atom. The van der Waals surface area contributed by atoms with Crippen molar-refractivity contribution < 1.29 is 4.79 Å². The number of amides is 1. The van der Waals surface area contributed by atoms with Crippen LogP contribution in [-0.4, -0.2) is 5.91 Å². The molecule has 2 aromatic rings. The minimum atomic E-state index is -0.0771. The Balaban J connectivity index is 2.11. The molecule has 19 heavy (non-hydrogen) atoms. The first-order valence-corrected chi connectivity index (χ1v) is 6.57. The van der Waals surface area contributed by atoms with Crippen molar-refractivity contribution in [2.24, 2.45) is 0 Å². The van der Waals surface area contributed by atoms with E-state index in [1.54, 1.807) is 0 Å². The van der Waals surface area contributed by atoms with Crippen molar-refractivity contribution in [2.45, 2.75) is 19.9 Å². The van der Waals surface area contributed by atoms with Crippen LogP contribution >= 0.6 is 11.6 Å². The molecule has 0 saturated carbocycles. The van der Waals surface area contributed by atoms with Gasteiger partial charge in [-0.2, -0.15) is 0 Å². The third-order valence-corrected chi connectivity index (χ3v) is 3.21.